The number of likely N-dealkylation sites (N-methyl/N-ethyl adjacent to an activating group) is 1. The van der Waals surface area contributed by atoms with Crippen LogP contribution in [0.4, 0.5) is 21.5 Å². The van der Waals surface area contributed by atoms with E-state index >= 15 is 0 Å². The second-order valence-electron chi connectivity index (χ2n) is 7.85. The molecule has 0 saturated carbocycles. The van der Waals surface area contributed by atoms with E-state index in [-0.39, 0.29) is 17.2 Å². The van der Waals surface area contributed by atoms with Gasteiger partial charge >= 0.3 is 11.7 Å². The number of amides is 1. The zero-order valence-electron chi connectivity index (χ0n) is 18.1. The number of benzene rings is 2. The predicted octanol–water partition coefficient (Wildman–Crippen LogP) is 3.30. The number of hydrogen-bond acceptors (Lipinski definition) is 7. The molecule has 32 heavy (non-hydrogen) atoms. The van der Waals surface area contributed by atoms with Crippen molar-refractivity contribution in [2.75, 3.05) is 43.4 Å². The number of carbonyl (C=O) groups excluding carboxylic acids is 2. The van der Waals surface area contributed by atoms with E-state index in [1.165, 1.54) is 12.1 Å². The van der Waals surface area contributed by atoms with Gasteiger partial charge < -0.3 is 19.9 Å². The lowest BCUT2D eigenvalue weighted by atomic mass is 10.1. The van der Waals surface area contributed by atoms with E-state index in [1.807, 2.05) is 7.05 Å². The zero-order chi connectivity index (χ0) is 23.4. The van der Waals surface area contributed by atoms with E-state index in [2.05, 4.69) is 15.1 Å². The Morgan fingerprint density at radius 1 is 1.09 bits per heavy atom. The van der Waals surface area contributed by atoms with Gasteiger partial charge in [0.15, 0.2) is 0 Å². The van der Waals surface area contributed by atoms with Crippen LogP contribution >= 0.6 is 0 Å². The molecule has 1 N–H and O–H groups in total. The minimum atomic E-state index is -1.02. The number of nitrogens with one attached hydrogen (secondary N) is 1. The fourth-order valence-corrected chi connectivity index (χ4v) is 3.36. The number of nitro groups is 1. The average molecular weight is 444 g/mol. The van der Waals surface area contributed by atoms with Crippen molar-refractivity contribution >= 4 is 28.9 Å². The Kier molecular flexibility index (Phi) is 7.04. The molecular formula is C22H25FN4O5. The molecule has 0 radical (unpaired) electrons. The molecule has 0 bridgehead atoms. The van der Waals surface area contributed by atoms with Gasteiger partial charge in [0.1, 0.15) is 0 Å². The van der Waals surface area contributed by atoms with Crippen molar-refractivity contribution in [2.45, 2.75) is 20.0 Å². The number of halogens is 1. The maximum absolute atomic E-state index is 13.7. The first-order valence-corrected chi connectivity index (χ1v) is 10.2. The maximum atomic E-state index is 13.7. The molecule has 170 valence electrons. The van der Waals surface area contributed by atoms with Crippen LogP contribution in [0.5, 0.6) is 0 Å². The number of ether oxygens (including phenoxy) is 1. The van der Waals surface area contributed by atoms with E-state index in [4.69, 9.17) is 4.74 Å². The highest BCUT2D eigenvalue weighted by Crippen LogP contribution is 2.30. The van der Waals surface area contributed by atoms with E-state index in [1.54, 1.807) is 26.0 Å². The standard InChI is InChI=1S/C22H25FN4O5/c1-14(2)32-22(29)16-5-7-19(26-10-8-25(3)9-11-26)18(12-16)24-21(28)15-4-6-17(23)20(13-15)27(30)31/h4-7,12-14H,8-11H2,1-3H3,(H,24,28). The van der Waals surface area contributed by atoms with Gasteiger partial charge in [-0.3, -0.25) is 14.9 Å². The van der Waals surface area contributed by atoms with Crippen LogP contribution in [-0.2, 0) is 4.74 Å². The summed E-state index contributed by atoms with van der Waals surface area (Å²) in [4.78, 5) is 39.6. The van der Waals surface area contributed by atoms with Crippen LogP contribution in [0.25, 0.3) is 0 Å². The molecule has 0 spiro atoms. The van der Waals surface area contributed by atoms with Gasteiger partial charge in [-0.15, -0.1) is 0 Å². The van der Waals surface area contributed by atoms with Crippen molar-refractivity contribution < 1.29 is 23.6 Å². The van der Waals surface area contributed by atoms with Gasteiger partial charge in [-0.25, -0.2) is 4.79 Å². The first-order chi connectivity index (χ1) is 15.2. The van der Waals surface area contributed by atoms with Crippen LogP contribution in [-0.4, -0.2) is 61.0 Å². The summed E-state index contributed by atoms with van der Waals surface area (Å²) in [6, 6.07) is 7.84. The van der Waals surface area contributed by atoms with Gasteiger partial charge in [-0.05, 0) is 51.2 Å². The SMILES string of the molecule is CC(C)OC(=O)c1ccc(N2CCN(C)CC2)c(NC(=O)c2ccc(F)c([N+](=O)[O-])c2)c1. The van der Waals surface area contributed by atoms with Crippen molar-refractivity contribution in [2.24, 2.45) is 0 Å². The summed E-state index contributed by atoms with van der Waals surface area (Å²) in [7, 11) is 2.02. The molecule has 3 rings (SSSR count). The Morgan fingerprint density at radius 3 is 2.38 bits per heavy atom. The predicted molar refractivity (Wildman–Crippen MR) is 118 cm³/mol. The van der Waals surface area contributed by atoms with Gasteiger partial charge in [0.05, 0.1) is 28.0 Å². The second-order valence-corrected chi connectivity index (χ2v) is 7.85. The number of esters is 1. The number of piperazine rings is 1. The molecule has 2 aromatic carbocycles. The summed E-state index contributed by atoms with van der Waals surface area (Å²) < 4.78 is 18.9. The van der Waals surface area contributed by atoms with Crippen LogP contribution in [0.15, 0.2) is 36.4 Å². The molecule has 1 saturated heterocycles. The number of nitrogens with zero attached hydrogens (tertiary/aromatic N) is 3. The fraction of sp³-hybridized carbons (Fsp3) is 0.364. The Morgan fingerprint density at radius 2 is 1.75 bits per heavy atom. The Bertz CT molecular complexity index is 1030. The quantitative estimate of drug-likeness (QED) is 0.414. The summed E-state index contributed by atoms with van der Waals surface area (Å²) in [5.74, 6) is -2.21. The highest BCUT2D eigenvalue weighted by atomic mass is 19.1. The lowest BCUT2D eigenvalue weighted by molar-refractivity contribution is -0.387. The maximum Gasteiger partial charge on any atom is 0.338 e. The van der Waals surface area contributed by atoms with Gasteiger partial charge in [-0.2, -0.15) is 4.39 Å². The summed E-state index contributed by atoms with van der Waals surface area (Å²) in [6.45, 7) is 6.57. The van der Waals surface area contributed by atoms with Crippen molar-refractivity contribution in [3.05, 3.63) is 63.5 Å². The summed E-state index contributed by atoms with van der Waals surface area (Å²) in [6.07, 6.45) is -0.308. The van der Waals surface area contributed by atoms with E-state index in [0.29, 0.717) is 11.4 Å². The monoisotopic (exact) mass is 444 g/mol. The van der Waals surface area contributed by atoms with Crippen molar-refractivity contribution in [3.8, 4) is 0 Å². The summed E-state index contributed by atoms with van der Waals surface area (Å²) in [5.41, 5.74) is 0.481. The third kappa shape index (κ3) is 5.38. The molecule has 1 aliphatic rings. The van der Waals surface area contributed by atoms with Crippen LogP contribution < -0.4 is 10.2 Å². The first-order valence-electron chi connectivity index (χ1n) is 10.2. The molecule has 0 atom stereocenters. The Labute approximate surface area is 184 Å². The number of nitro benzene ring substituents is 1. The smallest absolute Gasteiger partial charge is 0.338 e. The Hall–Kier alpha value is -3.53. The topological polar surface area (TPSA) is 105 Å². The van der Waals surface area contributed by atoms with E-state index < -0.39 is 28.3 Å². The molecule has 2 aromatic rings. The van der Waals surface area contributed by atoms with Crippen molar-refractivity contribution in [3.63, 3.8) is 0 Å². The van der Waals surface area contributed by atoms with E-state index in [0.717, 1.165) is 38.3 Å². The van der Waals surface area contributed by atoms with Crippen LogP contribution in [0.3, 0.4) is 0 Å². The fourth-order valence-electron chi connectivity index (χ4n) is 3.36. The summed E-state index contributed by atoms with van der Waals surface area (Å²) in [5, 5.41) is 13.7. The molecule has 9 nitrogen and oxygen atoms in total. The van der Waals surface area contributed by atoms with Gasteiger partial charge in [0, 0.05) is 37.8 Å². The van der Waals surface area contributed by atoms with Crippen molar-refractivity contribution in [1.29, 1.82) is 0 Å². The van der Waals surface area contributed by atoms with Crippen LogP contribution in [0.2, 0.25) is 0 Å². The van der Waals surface area contributed by atoms with Gasteiger partial charge in [-0.1, -0.05) is 0 Å². The molecule has 1 heterocycles. The molecule has 0 unspecified atom stereocenters. The first kappa shape index (κ1) is 23.1. The minimum Gasteiger partial charge on any atom is -0.459 e. The molecule has 10 heteroatoms. The second kappa shape index (κ2) is 9.73. The molecule has 1 fully saturated rings. The Balaban J connectivity index is 1.94. The van der Waals surface area contributed by atoms with Crippen LogP contribution in [0, 0.1) is 15.9 Å². The van der Waals surface area contributed by atoms with Gasteiger partial charge in [0.25, 0.3) is 5.91 Å². The van der Waals surface area contributed by atoms with Crippen LogP contribution in [0.1, 0.15) is 34.6 Å². The normalized spacial score (nSPS) is 14.3. The summed E-state index contributed by atoms with van der Waals surface area (Å²) >= 11 is 0. The number of anilines is 2. The third-order valence-electron chi connectivity index (χ3n) is 5.07. The lowest BCUT2D eigenvalue weighted by Gasteiger charge is -2.35. The highest BCUT2D eigenvalue weighted by molar-refractivity contribution is 6.07. The highest BCUT2D eigenvalue weighted by Gasteiger charge is 2.22. The number of rotatable bonds is 6. The minimum absolute atomic E-state index is 0.0717. The number of carbonyl (C=O) groups is 2. The average Bonchev–Trinajstić information content (AvgIpc) is 2.74. The molecule has 0 aromatic heterocycles. The number of hydrogen-bond donors (Lipinski definition) is 1. The van der Waals surface area contributed by atoms with E-state index in [9.17, 15) is 24.1 Å². The lowest BCUT2D eigenvalue weighted by Crippen LogP contribution is -2.44. The zero-order valence-corrected chi connectivity index (χ0v) is 18.1. The molecular weight excluding hydrogens is 419 g/mol. The molecule has 0 aliphatic carbocycles. The third-order valence-corrected chi connectivity index (χ3v) is 5.07. The van der Waals surface area contributed by atoms with Gasteiger partial charge in [0.2, 0.25) is 5.82 Å². The molecule has 1 amide bonds. The van der Waals surface area contributed by atoms with Crippen molar-refractivity contribution in [1.82, 2.24) is 4.90 Å². The molecule has 1 aliphatic heterocycles. The largest absolute Gasteiger partial charge is 0.459 e.